The molecule has 0 radical (unpaired) electrons. The maximum atomic E-state index is 13.2. The van der Waals surface area contributed by atoms with Gasteiger partial charge in [-0.05, 0) is 43.2 Å². The van der Waals surface area contributed by atoms with E-state index in [1.54, 1.807) is 30.3 Å². The number of rotatable bonds is 4. The molecule has 2 aliphatic rings. The second kappa shape index (κ2) is 8.70. The number of amides is 3. The molecular formula is C21H21Cl2N3O4. The SMILES string of the molecule is O=C(C[C@@H]1C(=O)N[C@H]2CCCC[C@H]2N1C(=O)c1ccco1)Nc1cc(Cl)cc(Cl)c1. The first-order chi connectivity index (χ1) is 14.4. The maximum Gasteiger partial charge on any atom is 0.290 e. The van der Waals surface area contributed by atoms with Gasteiger partial charge in [-0.2, -0.15) is 0 Å². The number of hydrogen-bond acceptors (Lipinski definition) is 4. The zero-order chi connectivity index (χ0) is 21.3. The predicted molar refractivity (Wildman–Crippen MR) is 113 cm³/mol. The number of hydrogen-bond donors (Lipinski definition) is 2. The molecule has 1 aliphatic carbocycles. The van der Waals surface area contributed by atoms with E-state index >= 15 is 0 Å². The van der Waals surface area contributed by atoms with Crippen LogP contribution in [0.4, 0.5) is 5.69 Å². The van der Waals surface area contributed by atoms with Crippen LogP contribution in [0.25, 0.3) is 0 Å². The van der Waals surface area contributed by atoms with Gasteiger partial charge in [-0.1, -0.05) is 36.0 Å². The zero-order valence-electron chi connectivity index (χ0n) is 16.1. The van der Waals surface area contributed by atoms with Gasteiger partial charge in [-0.3, -0.25) is 14.4 Å². The van der Waals surface area contributed by atoms with Crippen LogP contribution in [0, 0.1) is 0 Å². The fraction of sp³-hybridized carbons (Fsp3) is 0.381. The van der Waals surface area contributed by atoms with Crippen molar-refractivity contribution in [1.29, 1.82) is 0 Å². The Kier molecular flexibility index (Phi) is 6.01. The van der Waals surface area contributed by atoms with Crippen LogP contribution in [0.2, 0.25) is 10.0 Å². The van der Waals surface area contributed by atoms with Crippen molar-refractivity contribution in [3.63, 3.8) is 0 Å². The van der Waals surface area contributed by atoms with Gasteiger partial charge >= 0.3 is 0 Å². The van der Waals surface area contributed by atoms with E-state index in [-0.39, 0.29) is 36.1 Å². The lowest BCUT2D eigenvalue weighted by molar-refractivity contribution is -0.135. The first kappa shape index (κ1) is 20.8. The minimum Gasteiger partial charge on any atom is -0.459 e. The fourth-order valence-corrected chi connectivity index (χ4v) is 4.80. The maximum absolute atomic E-state index is 13.2. The molecule has 158 valence electrons. The van der Waals surface area contributed by atoms with E-state index in [1.165, 1.54) is 11.2 Å². The number of fused-ring (bicyclic) bond motifs is 1. The van der Waals surface area contributed by atoms with Crippen molar-refractivity contribution in [1.82, 2.24) is 10.2 Å². The van der Waals surface area contributed by atoms with Crippen LogP contribution in [0.3, 0.4) is 0 Å². The van der Waals surface area contributed by atoms with Gasteiger partial charge in [-0.25, -0.2) is 0 Å². The molecule has 7 nitrogen and oxygen atoms in total. The molecule has 3 atom stereocenters. The highest BCUT2D eigenvalue weighted by Gasteiger charge is 2.46. The van der Waals surface area contributed by atoms with E-state index in [2.05, 4.69) is 10.6 Å². The molecule has 1 saturated heterocycles. The molecule has 2 heterocycles. The second-order valence-corrected chi connectivity index (χ2v) is 8.46. The topological polar surface area (TPSA) is 91.7 Å². The Balaban J connectivity index is 1.57. The van der Waals surface area contributed by atoms with Crippen molar-refractivity contribution in [2.24, 2.45) is 0 Å². The van der Waals surface area contributed by atoms with Crippen LogP contribution >= 0.6 is 23.2 Å². The molecule has 2 aromatic rings. The normalized spacial score (nSPS) is 23.5. The number of nitrogens with zero attached hydrogens (tertiary/aromatic N) is 1. The molecule has 1 saturated carbocycles. The van der Waals surface area contributed by atoms with Gasteiger partial charge in [0.05, 0.1) is 18.7 Å². The minimum atomic E-state index is -0.934. The van der Waals surface area contributed by atoms with Gasteiger partial charge in [-0.15, -0.1) is 0 Å². The van der Waals surface area contributed by atoms with Gasteiger partial charge in [0.2, 0.25) is 11.8 Å². The van der Waals surface area contributed by atoms with E-state index in [0.29, 0.717) is 15.7 Å². The quantitative estimate of drug-likeness (QED) is 0.740. The summed E-state index contributed by atoms with van der Waals surface area (Å²) in [6.45, 7) is 0. The molecule has 1 aliphatic heterocycles. The number of carbonyl (C=O) groups is 3. The fourth-order valence-electron chi connectivity index (χ4n) is 4.27. The van der Waals surface area contributed by atoms with Crippen LogP contribution in [-0.4, -0.2) is 40.7 Å². The molecule has 2 N–H and O–H groups in total. The third-order valence-electron chi connectivity index (χ3n) is 5.54. The van der Waals surface area contributed by atoms with E-state index in [0.717, 1.165) is 25.7 Å². The Morgan fingerprint density at radius 3 is 2.60 bits per heavy atom. The summed E-state index contributed by atoms with van der Waals surface area (Å²) in [5.74, 6) is -0.978. The van der Waals surface area contributed by atoms with Crippen molar-refractivity contribution >= 4 is 46.6 Å². The molecule has 0 unspecified atom stereocenters. The number of halogens is 2. The van der Waals surface area contributed by atoms with Crippen molar-refractivity contribution in [2.75, 3.05) is 5.32 Å². The molecule has 0 bridgehead atoms. The lowest BCUT2D eigenvalue weighted by Crippen LogP contribution is -2.68. The zero-order valence-corrected chi connectivity index (χ0v) is 17.6. The summed E-state index contributed by atoms with van der Waals surface area (Å²) >= 11 is 12.0. The number of nitrogens with one attached hydrogen (secondary N) is 2. The minimum absolute atomic E-state index is 0.115. The molecule has 30 heavy (non-hydrogen) atoms. The summed E-state index contributed by atoms with van der Waals surface area (Å²) < 4.78 is 5.29. The summed E-state index contributed by atoms with van der Waals surface area (Å²) in [5.41, 5.74) is 0.424. The highest BCUT2D eigenvalue weighted by Crippen LogP contribution is 2.31. The van der Waals surface area contributed by atoms with Crippen molar-refractivity contribution in [3.8, 4) is 0 Å². The van der Waals surface area contributed by atoms with Gasteiger partial charge in [0.1, 0.15) is 6.04 Å². The Bertz CT molecular complexity index is 943. The highest BCUT2D eigenvalue weighted by atomic mass is 35.5. The first-order valence-electron chi connectivity index (χ1n) is 9.85. The number of anilines is 1. The molecule has 4 rings (SSSR count). The van der Waals surface area contributed by atoms with E-state index < -0.39 is 11.9 Å². The second-order valence-electron chi connectivity index (χ2n) is 7.58. The van der Waals surface area contributed by atoms with E-state index in [9.17, 15) is 14.4 Å². The Morgan fingerprint density at radius 2 is 1.90 bits per heavy atom. The Morgan fingerprint density at radius 1 is 1.17 bits per heavy atom. The Labute approximate surface area is 183 Å². The van der Waals surface area contributed by atoms with Gasteiger partial charge in [0.25, 0.3) is 5.91 Å². The number of benzene rings is 1. The smallest absolute Gasteiger partial charge is 0.290 e. The predicted octanol–water partition coefficient (Wildman–Crippen LogP) is 3.87. The summed E-state index contributed by atoms with van der Waals surface area (Å²) in [6, 6.07) is 6.66. The van der Waals surface area contributed by atoms with E-state index in [4.69, 9.17) is 27.6 Å². The van der Waals surface area contributed by atoms with Crippen LogP contribution in [0.1, 0.15) is 42.7 Å². The van der Waals surface area contributed by atoms with Gasteiger partial charge < -0.3 is 20.0 Å². The summed E-state index contributed by atoms with van der Waals surface area (Å²) in [6.07, 6.45) is 4.74. The summed E-state index contributed by atoms with van der Waals surface area (Å²) in [4.78, 5) is 40.3. The standard InChI is InChI=1S/C21H21Cl2N3O4/c22-12-8-13(23)10-14(9-12)24-19(27)11-17-20(28)25-15-4-1-2-5-16(15)26(17)21(29)18-6-3-7-30-18/h3,6-10,15-17H,1-2,4-5,11H2,(H,24,27)(H,25,28)/t15-,16+,17+/m0/s1. The molecule has 3 amide bonds. The molecule has 1 aromatic heterocycles. The van der Waals surface area contributed by atoms with E-state index in [1.807, 2.05) is 0 Å². The lowest BCUT2D eigenvalue weighted by Gasteiger charge is -2.47. The summed E-state index contributed by atoms with van der Waals surface area (Å²) in [7, 11) is 0. The van der Waals surface area contributed by atoms with Gasteiger partial charge in [0.15, 0.2) is 5.76 Å². The molecule has 2 fully saturated rings. The number of carbonyl (C=O) groups excluding carboxylic acids is 3. The largest absolute Gasteiger partial charge is 0.459 e. The molecular weight excluding hydrogens is 429 g/mol. The third kappa shape index (κ3) is 4.32. The average molecular weight is 450 g/mol. The van der Waals surface area contributed by atoms with Crippen molar-refractivity contribution in [2.45, 2.75) is 50.2 Å². The van der Waals surface area contributed by atoms with Crippen molar-refractivity contribution < 1.29 is 18.8 Å². The average Bonchev–Trinajstić information content (AvgIpc) is 3.22. The van der Waals surface area contributed by atoms with Gasteiger partial charge in [0, 0.05) is 21.8 Å². The molecule has 9 heteroatoms. The first-order valence-corrected chi connectivity index (χ1v) is 10.6. The lowest BCUT2D eigenvalue weighted by atomic mass is 9.85. The summed E-state index contributed by atoms with van der Waals surface area (Å²) in [5, 5.41) is 6.47. The van der Waals surface area contributed by atoms with Crippen LogP contribution in [0.5, 0.6) is 0 Å². The molecule has 1 aromatic carbocycles. The Hall–Kier alpha value is -2.51. The number of piperazine rings is 1. The number of furan rings is 1. The van der Waals surface area contributed by atoms with Crippen molar-refractivity contribution in [3.05, 3.63) is 52.4 Å². The van der Waals surface area contributed by atoms with Crippen LogP contribution < -0.4 is 10.6 Å². The van der Waals surface area contributed by atoms with Crippen LogP contribution in [0.15, 0.2) is 41.0 Å². The third-order valence-corrected chi connectivity index (χ3v) is 5.98. The molecule has 0 spiro atoms. The van der Waals surface area contributed by atoms with Crippen LogP contribution in [-0.2, 0) is 9.59 Å². The highest BCUT2D eigenvalue weighted by molar-refractivity contribution is 6.35. The monoisotopic (exact) mass is 449 g/mol.